The van der Waals surface area contributed by atoms with E-state index < -0.39 is 5.97 Å². The van der Waals surface area contributed by atoms with E-state index in [9.17, 15) is 9.59 Å². The van der Waals surface area contributed by atoms with Crippen LogP contribution in [-0.2, 0) is 0 Å². The molecule has 1 fully saturated rings. The zero-order valence-corrected chi connectivity index (χ0v) is 14.7. The van der Waals surface area contributed by atoms with Crippen LogP contribution in [0.3, 0.4) is 0 Å². The highest BCUT2D eigenvalue weighted by Crippen LogP contribution is 2.45. The predicted molar refractivity (Wildman–Crippen MR) is 98.2 cm³/mol. The summed E-state index contributed by atoms with van der Waals surface area (Å²) >= 11 is 1.54. The van der Waals surface area contributed by atoms with E-state index in [1.165, 1.54) is 24.6 Å². The van der Waals surface area contributed by atoms with E-state index in [1.54, 1.807) is 24.3 Å². The molecule has 0 saturated heterocycles. The van der Waals surface area contributed by atoms with Crippen LogP contribution >= 0.6 is 11.8 Å². The first-order chi connectivity index (χ1) is 12.0. The lowest BCUT2D eigenvalue weighted by Crippen LogP contribution is -2.13. The van der Waals surface area contributed by atoms with Crippen LogP contribution in [0.2, 0.25) is 0 Å². The first kappa shape index (κ1) is 16.2. The molecule has 2 aromatic rings. The Labute approximate surface area is 149 Å². The quantitative estimate of drug-likeness (QED) is 0.873. The number of fused-ring (bicyclic) bond motifs is 1. The van der Waals surface area contributed by atoms with E-state index >= 15 is 0 Å². The number of nitrogens with zero attached hydrogens (tertiary/aromatic N) is 2. The molecular formula is C18H19N3O3S. The fraction of sp³-hybridized carbons (Fsp3) is 0.389. The minimum atomic E-state index is -0.952. The molecule has 1 unspecified atom stereocenters. The van der Waals surface area contributed by atoms with E-state index in [0.717, 1.165) is 29.3 Å². The number of carboxylic acids is 1. The molecule has 1 aliphatic heterocycles. The smallest absolute Gasteiger partial charge is 0.335 e. The molecule has 6 nitrogen and oxygen atoms in total. The van der Waals surface area contributed by atoms with Gasteiger partial charge >= 0.3 is 5.97 Å². The Morgan fingerprint density at radius 2 is 1.96 bits per heavy atom. The van der Waals surface area contributed by atoms with Gasteiger partial charge in [0.1, 0.15) is 0 Å². The Bertz CT molecular complexity index is 905. The molecule has 7 heteroatoms. The first-order valence-electron chi connectivity index (χ1n) is 8.44. The maximum atomic E-state index is 12.7. The summed E-state index contributed by atoms with van der Waals surface area (Å²) in [5.41, 5.74) is 1.73. The van der Waals surface area contributed by atoms with Gasteiger partial charge in [0, 0.05) is 0 Å². The van der Waals surface area contributed by atoms with Gasteiger partial charge < -0.3 is 5.11 Å². The number of H-pyrrole nitrogens is 1. The molecule has 1 saturated carbocycles. The number of aromatic nitrogens is 2. The molecule has 0 radical (unpaired) electrons. The van der Waals surface area contributed by atoms with Gasteiger partial charge in [-0.1, -0.05) is 36.7 Å². The lowest BCUT2D eigenvalue weighted by molar-refractivity contribution is 0.0697. The van der Waals surface area contributed by atoms with E-state index in [-0.39, 0.29) is 16.4 Å². The number of nitrogens with one attached hydrogen (secondary N) is 1. The van der Waals surface area contributed by atoms with Crippen molar-refractivity contribution in [2.45, 2.75) is 43.9 Å². The summed E-state index contributed by atoms with van der Waals surface area (Å²) in [5.74, 6) is -0.216. The number of hydrogen-bond acceptors (Lipinski definition) is 4. The largest absolute Gasteiger partial charge is 0.478 e. The summed E-state index contributed by atoms with van der Waals surface area (Å²) < 4.78 is 1.95. The van der Waals surface area contributed by atoms with Crippen molar-refractivity contribution in [3.63, 3.8) is 0 Å². The summed E-state index contributed by atoms with van der Waals surface area (Å²) in [7, 11) is 0. The Hall–Kier alpha value is -2.28. The second-order valence-corrected chi connectivity index (χ2v) is 7.84. The minimum absolute atomic E-state index is 0.0991. The molecular weight excluding hydrogens is 338 g/mol. The highest BCUT2D eigenvalue weighted by Gasteiger charge is 2.32. The van der Waals surface area contributed by atoms with Crippen LogP contribution in [-0.4, -0.2) is 25.9 Å². The molecule has 0 spiro atoms. The summed E-state index contributed by atoms with van der Waals surface area (Å²) in [4.78, 5) is 28.4. The summed E-state index contributed by atoms with van der Waals surface area (Å²) in [6.07, 6.45) is 4.49. The third-order valence-corrected chi connectivity index (χ3v) is 6.08. The van der Waals surface area contributed by atoms with Gasteiger partial charge in [0.05, 0.1) is 27.5 Å². The van der Waals surface area contributed by atoms with Crippen molar-refractivity contribution in [3.05, 3.63) is 51.3 Å². The highest BCUT2D eigenvalue weighted by atomic mass is 32.2. The second kappa shape index (κ2) is 6.22. The van der Waals surface area contributed by atoms with Crippen molar-refractivity contribution in [3.8, 4) is 0 Å². The average molecular weight is 357 g/mol. The second-order valence-electron chi connectivity index (χ2n) is 6.54. The SMILES string of the molecule is CC1=Nc2c(c(=O)[nH]n2C2CCCC2)C(c2ccc(C(=O)O)cc2)S1. The molecule has 0 bridgehead atoms. The van der Waals surface area contributed by atoms with Gasteiger partial charge in [-0.3, -0.25) is 14.6 Å². The lowest BCUT2D eigenvalue weighted by atomic mass is 10.0. The zero-order valence-electron chi connectivity index (χ0n) is 13.9. The Kier molecular flexibility index (Phi) is 4.03. The molecule has 2 heterocycles. The Morgan fingerprint density at radius 3 is 2.60 bits per heavy atom. The third kappa shape index (κ3) is 2.82. The normalized spacial score (nSPS) is 20.4. The number of carboxylic acid groups (broad SMARTS) is 1. The topological polar surface area (TPSA) is 87.5 Å². The molecule has 0 amide bonds. The maximum absolute atomic E-state index is 12.7. The van der Waals surface area contributed by atoms with Crippen molar-refractivity contribution in [1.29, 1.82) is 0 Å². The highest BCUT2D eigenvalue weighted by molar-refractivity contribution is 8.14. The van der Waals surface area contributed by atoms with Crippen molar-refractivity contribution in [1.82, 2.24) is 9.78 Å². The molecule has 1 atom stereocenters. The summed E-state index contributed by atoms with van der Waals surface area (Å²) in [5, 5.41) is 12.8. The number of carbonyl (C=O) groups is 1. The van der Waals surface area contributed by atoms with Crippen molar-refractivity contribution in [2.24, 2.45) is 4.99 Å². The summed E-state index contributed by atoms with van der Waals surface area (Å²) in [6.45, 7) is 1.95. The van der Waals surface area contributed by atoms with Gasteiger partial charge in [0.2, 0.25) is 0 Å². The Balaban J connectivity index is 1.79. The van der Waals surface area contributed by atoms with E-state index in [4.69, 9.17) is 5.11 Å². The van der Waals surface area contributed by atoms with Gasteiger partial charge in [-0.05, 0) is 37.5 Å². The number of aromatic amines is 1. The van der Waals surface area contributed by atoms with Crippen LogP contribution < -0.4 is 5.56 Å². The summed E-state index contributed by atoms with van der Waals surface area (Å²) in [6, 6.07) is 7.06. The predicted octanol–water partition coefficient (Wildman–Crippen LogP) is 3.88. The van der Waals surface area contributed by atoms with Gasteiger partial charge in [0.25, 0.3) is 5.56 Å². The molecule has 4 rings (SSSR count). The van der Waals surface area contributed by atoms with E-state index in [2.05, 4.69) is 10.1 Å². The van der Waals surface area contributed by atoms with Crippen LogP contribution in [0, 0.1) is 0 Å². The molecule has 1 aromatic heterocycles. The monoisotopic (exact) mass is 357 g/mol. The van der Waals surface area contributed by atoms with Gasteiger partial charge in [-0.2, -0.15) is 0 Å². The Morgan fingerprint density at radius 1 is 1.28 bits per heavy atom. The molecule has 1 aromatic carbocycles. The van der Waals surface area contributed by atoms with Crippen molar-refractivity contribution < 1.29 is 9.90 Å². The fourth-order valence-electron chi connectivity index (χ4n) is 3.67. The molecule has 130 valence electrons. The van der Waals surface area contributed by atoms with Crippen LogP contribution in [0.25, 0.3) is 0 Å². The third-order valence-electron chi connectivity index (χ3n) is 4.90. The molecule has 2 N–H and O–H groups in total. The molecule has 2 aliphatic rings. The van der Waals surface area contributed by atoms with Crippen LogP contribution in [0.1, 0.15) is 65.4 Å². The van der Waals surface area contributed by atoms with Crippen LogP contribution in [0.4, 0.5) is 5.82 Å². The molecule has 25 heavy (non-hydrogen) atoms. The minimum Gasteiger partial charge on any atom is -0.478 e. The standard InChI is InChI=1S/C18H19N3O3S/c1-10-19-16-14(17(22)20-21(16)13-4-2-3-5-13)15(25-10)11-6-8-12(9-7-11)18(23)24/h6-9,13,15H,2-5H2,1H3,(H,20,22)(H,23,24). The zero-order chi connectivity index (χ0) is 17.6. The van der Waals surface area contributed by atoms with Crippen molar-refractivity contribution >= 4 is 28.6 Å². The number of benzene rings is 1. The van der Waals surface area contributed by atoms with E-state index in [1.807, 2.05) is 11.6 Å². The van der Waals surface area contributed by atoms with Crippen LogP contribution in [0.5, 0.6) is 0 Å². The number of aromatic carboxylic acids is 1. The number of aliphatic imine (C=N–C) groups is 1. The molecule has 1 aliphatic carbocycles. The lowest BCUT2D eigenvalue weighted by Gasteiger charge is -2.22. The van der Waals surface area contributed by atoms with E-state index in [0.29, 0.717) is 11.6 Å². The fourth-order valence-corrected chi connectivity index (χ4v) is 4.77. The number of hydrogen-bond donors (Lipinski definition) is 2. The van der Waals surface area contributed by atoms with Crippen molar-refractivity contribution in [2.75, 3.05) is 0 Å². The van der Waals surface area contributed by atoms with Crippen LogP contribution in [0.15, 0.2) is 34.1 Å². The first-order valence-corrected chi connectivity index (χ1v) is 9.32. The van der Waals surface area contributed by atoms with Gasteiger partial charge in [-0.25, -0.2) is 9.79 Å². The average Bonchev–Trinajstić information content (AvgIpc) is 3.22. The van der Waals surface area contributed by atoms with Gasteiger partial charge in [-0.15, -0.1) is 0 Å². The van der Waals surface area contributed by atoms with Gasteiger partial charge in [0.15, 0.2) is 5.82 Å². The maximum Gasteiger partial charge on any atom is 0.335 e. The number of rotatable bonds is 3. The number of thioether (sulfide) groups is 1.